The minimum Gasteiger partial charge on any atom is -0.445 e. The number of rotatable bonds is 8. The summed E-state index contributed by atoms with van der Waals surface area (Å²) >= 11 is 0. The minimum atomic E-state index is -0.346. The van der Waals surface area contributed by atoms with Gasteiger partial charge in [0, 0.05) is 26.2 Å². The second-order valence-electron chi connectivity index (χ2n) is 8.14. The number of hydrogen-bond donors (Lipinski definition) is 0. The van der Waals surface area contributed by atoms with Crippen LogP contribution in [0, 0.1) is 0 Å². The number of amides is 2. The molecule has 1 aliphatic rings. The molecule has 3 rings (SSSR count). The number of carbonyl (C=O) groups excluding carboxylic acids is 2. The minimum absolute atomic E-state index is 0.239. The summed E-state index contributed by atoms with van der Waals surface area (Å²) in [6.45, 7) is 14.2. The molecule has 0 N–H and O–H groups in total. The van der Waals surface area contributed by atoms with Crippen molar-refractivity contribution in [3.05, 3.63) is 108 Å². The van der Waals surface area contributed by atoms with Gasteiger partial charge in [-0.05, 0) is 25.0 Å². The van der Waals surface area contributed by atoms with Crippen LogP contribution in [0.25, 0.3) is 0 Å². The van der Waals surface area contributed by atoms with Gasteiger partial charge in [-0.15, -0.1) is 6.58 Å². The lowest BCUT2D eigenvalue weighted by Gasteiger charge is -2.20. The Morgan fingerprint density at radius 2 is 1.56 bits per heavy atom. The van der Waals surface area contributed by atoms with Crippen molar-refractivity contribution in [2.24, 2.45) is 0 Å². The fourth-order valence-corrected chi connectivity index (χ4v) is 3.14. The lowest BCUT2D eigenvalue weighted by molar-refractivity contribution is 0.103. The second kappa shape index (κ2) is 14.4. The topological polar surface area (TPSA) is 59.1 Å². The molecule has 0 unspecified atom stereocenters. The lowest BCUT2D eigenvalue weighted by Crippen LogP contribution is -2.33. The van der Waals surface area contributed by atoms with E-state index in [0.29, 0.717) is 32.8 Å². The number of hydrogen-bond acceptors (Lipinski definition) is 4. The zero-order chi connectivity index (χ0) is 24.8. The standard InChI is InChI=1S/C15H19NO2.C13H15NO2/c1-4-10-16(11-13(2)3)15(17)18-12-14-8-6-5-7-9-14;1-11-7-8-14(9-11)13(15)16-10-12-5-3-2-4-6-12/h4-9H,1-2,10-12H2,3H3;2-7H,8-10H2,1H3. The monoisotopic (exact) mass is 462 g/mol. The lowest BCUT2D eigenvalue weighted by atomic mass is 10.2. The van der Waals surface area contributed by atoms with Crippen molar-refractivity contribution < 1.29 is 19.1 Å². The van der Waals surface area contributed by atoms with Gasteiger partial charge in [0.25, 0.3) is 0 Å². The highest BCUT2D eigenvalue weighted by atomic mass is 16.6. The third-order valence-electron chi connectivity index (χ3n) is 4.84. The molecule has 2 aromatic carbocycles. The van der Waals surface area contributed by atoms with E-state index >= 15 is 0 Å². The molecule has 2 amide bonds. The Balaban J connectivity index is 0.000000241. The summed E-state index contributed by atoms with van der Waals surface area (Å²) in [5, 5.41) is 0. The molecule has 0 aliphatic carbocycles. The van der Waals surface area contributed by atoms with Gasteiger partial charge in [0.05, 0.1) is 0 Å². The molecule has 6 nitrogen and oxygen atoms in total. The molecular weight excluding hydrogens is 428 g/mol. The van der Waals surface area contributed by atoms with Gasteiger partial charge in [-0.3, -0.25) is 0 Å². The van der Waals surface area contributed by atoms with Crippen molar-refractivity contribution in [2.75, 3.05) is 26.2 Å². The van der Waals surface area contributed by atoms with E-state index in [1.807, 2.05) is 80.6 Å². The molecule has 180 valence electrons. The van der Waals surface area contributed by atoms with E-state index in [9.17, 15) is 9.59 Å². The van der Waals surface area contributed by atoms with E-state index in [1.54, 1.807) is 15.9 Å². The first-order chi connectivity index (χ1) is 16.4. The van der Waals surface area contributed by atoms with Gasteiger partial charge in [-0.2, -0.15) is 0 Å². The average molecular weight is 463 g/mol. The van der Waals surface area contributed by atoms with E-state index in [2.05, 4.69) is 13.2 Å². The summed E-state index contributed by atoms with van der Waals surface area (Å²) in [4.78, 5) is 26.8. The molecule has 34 heavy (non-hydrogen) atoms. The number of carbonyl (C=O) groups is 2. The molecule has 1 heterocycles. The summed E-state index contributed by atoms with van der Waals surface area (Å²) in [6.07, 6.45) is 3.13. The maximum atomic E-state index is 11.9. The van der Waals surface area contributed by atoms with Gasteiger partial charge in [0.15, 0.2) is 0 Å². The average Bonchev–Trinajstić information content (AvgIpc) is 3.28. The molecule has 0 bridgehead atoms. The third kappa shape index (κ3) is 9.77. The number of ether oxygens (including phenoxy) is 2. The summed E-state index contributed by atoms with van der Waals surface area (Å²) in [5.41, 5.74) is 4.12. The van der Waals surface area contributed by atoms with E-state index in [-0.39, 0.29) is 18.8 Å². The fourth-order valence-electron chi connectivity index (χ4n) is 3.14. The van der Waals surface area contributed by atoms with Crippen LogP contribution in [-0.4, -0.2) is 48.2 Å². The molecule has 1 aliphatic heterocycles. The van der Waals surface area contributed by atoms with Crippen molar-refractivity contribution in [1.82, 2.24) is 9.80 Å². The first-order valence-corrected chi connectivity index (χ1v) is 11.2. The van der Waals surface area contributed by atoms with Crippen LogP contribution in [0.4, 0.5) is 9.59 Å². The van der Waals surface area contributed by atoms with Gasteiger partial charge in [0.2, 0.25) is 0 Å². The van der Waals surface area contributed by atoms with E-state index in [1.165, 1.54) is 5.57 Å². The number of nitrogens with zero attached hydrogens (tertiary/aromatic N) is 2. The molecule has 2 aromatic rings. The Bertz CT molecular complexity index is 970. The first kappa shape index (κ1) is 26.5. The van der Waals surface area contributed by atoms with Crippen molar-refractivity contribution >= 4 is 12.2 Å². The quantitative estimate of drug-likeness (QED) is 0.453. The first-order valence-electron chi connectivity index (χ1n) is 11.2. The van der Waals surface area contributed by atoms with E-state index in [4.69, 9.17) is 9.47 Å². The van der Waals surface area contributed by atoms with Crippen LogP contribution in [0.15, 0.2) is 97.1 Å². The Hall–Kier alpha value is -3.80. The summed E-state index contributed by atoms with van der Waals surface area (Å²) in [6, 6.07) is 19.3. The zero-order valence-corrected chi connectivity index (χ0v) is 20.1. The van der Waals surface area contributed by atoms with Crippen LogP contribution in [0.1, 0.15) is 25.0 Å². The Morgan fingerprint density at radius 1 is 1.00 bits per heavy atom. The maximum absolute atomic E-state index is 11.9. The van der Waals surface area contributed by atoms with Crippen LogP contribution < -0.4 is 0 Å². The Labute approximate surface area is 202 Å². The molecule has 0 atom stereocenters. The van der Waals surface area contributed by atoms with Crippen LogP contribution in [0.5, 0.6) is 0 Å². The van der Waals surface area contributed by atoms with Gasteiger partial charge in [-0.25, -0.2) is 9.59 Å². The van der Waals surface area contributed by atoms with Gasteiger partial charge < -0.3 is 19.3 Å². The summed E-state index contributed by atoms with van der Waals surface area (Å²) < 4.78 is 10.5. The highest BCUT2D eigenvalue weighted by Crippen LogP contribution is 2.10. The molecule has 0 fully saturated rings. The second-order valence-corrected chi connectivity index (χ2v) is 8.14. The predicted molar refractivity (Wildman–Crippen MR) is 135 cm³/mol. The fraction of sp³-hybridized carbons (Fsp3) is 0.286. The molecule has 0 saturated carbocycles. The van der Waals surface area contributed by atoms with Crippen LogP contribution in [0.2, 0.25) is 0 Å². The highest BCUT2D eigenvalue weighted by molar-refractivity contribution is 5.69. The maximum Gasteiger partial charge on any atom is 0.410 e. The number of benzene rings is 2. The molecule has 0 spiro atoms. The van der Waals surface area contributed by atoms with Crippen LogP contribution >= 0.6 is 0 Å². The largest absolute Gasteiger partial charge is 0.445 e. The van der Waals surface area contributed by atoms with Gasteiger partial charge >= 0.3 is 12.2 Å². The van der Waals surface area contributed by atoms with Crippen molar-refractivity contribution in [3.63, 3.8) is 0 Å². The summed E-state index contributed by atoms with van der Waals surface area (Å²) in [7, 11) is 0. The summed E-state index contributed by atoms with van der Waals surface area (Å²) in [5.74, 6) is 0. The highest BCUT2D eigenvalue weighted by Gasteiger charge is 2.18. The normalized spacial score (nSPS) is 12.1. The molecule has 0 aromatic heterocycles. The van der Waals surface area contributed by atoms with Crippen molar-refractivity contribution in [3.8, 4) is 0 Å². The van der Waals surface area contributed by atoms with Crippen LogP contribution in [-0.2, 0) is 22.7 Å². The van der Waals surface area contributed by atoms with E-state index < -0.39 is 0 Å². The SMILES string of the molecule is C=CCN(CC(=C)C)C(=O)OCc1ccccc1.CC1=CCN(C(=O)OCc2ccccc2)C1. The van der Waals surface area contributed by atoms with E-state index in [0.717, 1.165) is 16.7 Å². The smallest absolute Gasteiger partial charge is 0.410 e. The predicted octanol–water partition coefficient (Wildman–Crippen LogP) is 5.97. The Kier molecular flexibility index (Phi) is 11.2. The molecular formula is C28H34N2O4. The van der Waals surface area contributed by atoms with Crippen molar-refractivity contribution in [2.45, 2.75) is 27.1 Å². The Morgan fingerprint density at radius 3 is 2.03 bits per heavy atom. The van der Waals surface area contributed by atoms with Gasteiger partial charge in [-0.1, -0.05) is 90.5 Å². The molecule has 0 saturated heterocycles. The third-order valence-corrected chi connectivity index (χ3v) is 4.84. The molecule has 0 radical (unpaired) electrons. The molecule has 6 heteroatoms. The van der Waals surface area contributed by atoms with Crippen molar-refractivity contribution in [1.29, 1.82) is 0 Å². The van der Waals surface area contributed by atoms with Gasteiger partial charge in [0.1, 0.15) is 13.2 Å². The zero-order valence-electron chi connectivity index (χ0n) is 20.1. The van der Waals surface area contributed by atoms with Crippen LogP contribution in [0.3, 0.4) is 0 Å².